The van der Waals surface area contributed by atoms with E-state index in [1.807, 2.05) is 53.4 Å². The lowest BCUT2D eigenvalue weighted by atomic mass is 10.1. The third-order valence-corrected chi connectivity index (χ3v) is 5.13. The van der Waals surface area contributed by atoms with Gasteiger partial charge in [0.15, 0.2) is 0 Å². The summed E-state index contributed by atoms with van der Waals surface area (Å²) < 4.78 is 2.18. The Morgan fingerprint density at radius 2 is 1.78 bits per heavy atom. The van der Waals surface area contributed by atoms with Gasteiger partial charge in [0, 0.05) is 30.4 Å². The normalized spacial score (nSPS) is 14.7. The number of rotatable bonds is 4. The second-order valence-corrected chi connectivity index (χ2v) is 7.45. The van der Waals surface area contributed by atoms with Crippen molar-refractivity contribution in [2.45, 2.75) is 39.2 Å². The zero-order valence-electron chi connectivity index (χ0n) is 16.0. The van der Waals surface area contributed by atoms with Crippen molar-refractivity contribution in [3.8, 4) is 0 Å². The second-order valence-electron chi connectivity index (χ2n) is 7.45. The number of imidazole rings is 1. The third-order valence-electron chi connectivity index (χ3n) is 5.13. The zero-order valence-corrected chi connectivity index (χ0v) is 16.0. The minimum Gasteiger partial charge on any atom is -0.339 e. The van der Waals surface area contributed by atoms with E-state index in [1.165, 1.54) is 6.42 Å². The Hall–Kier alpha value is -2.82. The molecule has 1 amide bonds. The first-order valence-corrected chi connectivity index (χ1v) is 9.77. The minimum atomic E-state index is 0.119. The van der Waals surface area contributed by atoms with Crippen LogP contribution in [0.4, 0.5) is 11.6 Å². The van der Waals surface area contributed by atoms with Crippen LogP contribution in [0.5, 0.6) is 0 Å². The number of para-hydroxylation sites is 1. The number of carbonyl (C=O) groups excluding carboxylic acids is 1. The van der Waals surface area contributed by atoms with Gasteiger partial charge in [-0.05, 0) is 63.4 Å². The number of benzene rings is 2. The fraction of sp³-hybridized carbons (Fsp3) is 0.364. The topological polar surface area (TPSA) is 50.2 Å². The summed E-state index contributed by atoms with van der Waals surface area (Å²) in [5, 5.41) is 3.41. The van der Waals surface area contributed by atoms with Gasteiger partial charge in [-0.1, -0.05) is 18.2 Å². The number of hydrogen-bond acceptors (Lipinski definition) is 3. The van der Waals surface area contributed by atoms with Crippen LogP contribution in [0, 0.1) is 0 Å². The molecule has 1 aliphatic rings. The molecule has 1 saturated heterocycles. The number of nitrogens with one attached hydrogen (secondary N) is 1. The average Bonchev–Trinajstić information content (AvgIpc) is 3.06. The summed E-state index contributed by atoms with van der Waals surface area (Å²) in [6, 6.07) is 16.2. The van der Waals surface area contributed by atoms with Crippen LogP contribution in [0.1, 0.15) is 49.5 Å². The number of fused-ring (bicyclic) bond motifs is 1. The molecule has 1 aromatic heterocycles. The van der Waals surface area contributed by atoms with Gasteiger partial charge in [0.2, 0.25) is 5.95 Å². The molecule has 3 aromatic rings. The highest BCUT2D eigenvalue weighted by molar-refractivity contribution is 5.98. The van der Waals surface area contributed by atoms with Gasteiger partial charge in [-0.2, -0.15) is 0 Å². The van der Waals surface area contributed by atoms with Crippen molar-refractivity contribution in [3.63, 3.8) is 0 Å². The van der Waals surface area contributed by atoms with Crippen molar-refractivity contribution < 1.29 is 4.79 Å². The molecular formula is C22H26N4O. The Morgan fingerprint density at radius 3 is 2.48 bits per heavy atom. The van der Waals surface area contributed by atoms with Gasteiger partial charge in [0.05, 0.1) is 11.0 Å². The van der Waals surface area contributed by atoms with E-state index in [2.05, 4.69) is 23.7 Å². The summed E-state index contributed by atoms with van der Waals surface area (Å²) in [6.07, 6.45) is 3.42. The lowest BCUT2D eigenvalue weighted by Gasteiger charge is -2.26. The van der Waals surface area contributed by atoms with E-state index in [9.17, 15) is 4.79 Å². The molecule has 0 radical (unpaired) electrons. The molecule has 0 bridgehead atoms. The van der Waals surface area contributed by atoms with E-state index in [0.29, 0.717) is 0 Å². The maximum absolute atomic E-state index is 12.8. The smallest absolute Gasteiger partial charge is 0.253 e. The fourth-order valence-electron chi connectivity index (χ4n) is 3.77. The van der Waals surface area contributed by atoms with Crippen molar-refractivity contribution in [3.05, 3.63) is 54.1 Å². The standard InChI is InChI=1S/C22H26N4O/c1-16(2)26-20-12-11-17(21(27)25-13-7-4-8-14-25)15-19(20)24-22(26)23-18-9-5-3-6-10-18/h3,5-6,9-12,15-16H,4,7-8,13-14H2,1-2H3,(H,23,24). The highest BCUT2D eigenvalue weighted by Crippen LogP contribution is 2.28. The second kappa shape index (κ2) is 7.43. The first-order chi connectivity index (χ1) is 13.1. The van der Waals surface area contributed by atoms with E-state index in [1.54, 1.807) is 0 Å². The largest absolute Gasteiger partial charge is 0.339 e. The summed E-state index contributed by atoms with van der Waals surface area (Å²) in [5.41, 5.74) is 3.62. The number of amides is 1. The molecule has 0 aliphatic carbocycles. The van der Waals surface area contributed by atoms with Crippen LogP contribution in [-0.2, 0) is 0 Å². The molecule has 0 saturated carbocycles. The van der Waals surface area contributed by atoms with Crippen molar-refractivity contribution in [2.24, 2.45) is 0 Å². The predicted molar refractivity (Wildman–Crippen MR) is 110 cm³/mol. The van der Waals surface area contributed by atoms with Crippen LogP contribution >= 0.6 is 0 Å². The molecule has 0 unspecified atom stereocenters. The summed E-state index contributed by atoms with van der Waals surface area (Å²) in [5.74, 6) is 0.919. The van der Waals surface area contributed by atoms with E-state index < -0.39 is 0 Å². The number of aromatic nitrogens is 2. The fourth-order valence-corrected chi connectivity index (χ4v) is 3.77. The van der Waals surface area contributed by atoms with Gasteiger partial charge in [0.25, 0.3) is 5.91 Å². The van der Waals surface area contributed by atoms with Crippen molar-refractivity contribution in [2.75, 3.05) is 18.4 Å². The molecule has 5 nitrogen and oxygen atoms in total. The first kappa shape index (κ1) is 17.6. The number of hydrogen-bond donors (Lipinski definition) is 1. The molecule has 1 fully saturated rings. The molecule has 27 heavy (non-hydrogen) atoms. The Morgan fingerprint density at radius 1 is 1.04 bits per heavy atom. The lowest BCUT2D eigenvalue weighted by Crippen LogP contribution is -2.35. The number of likely N-dealkylation sites (tertiary alicyclic amines) is 1. The van der Waals surface area contributed by atoms with Crippen LogP contribution in [0.25, 0.3) is 11.0 Å². The van der Waals surface area contributed by atoms with Crippen LogP contribution in [0.2, 0.25) is 0 Å². The molecule has 1 aliphatic heterocycles. The van der Waals surface area contributed by atoms with Crippen molar-refractivity contribution in [1.82, 2.24) is 14.5 Å². The Bertz CT molecular complexity index is 940. The molecule has 2 heterocycles. The summed E-state index contributed by atoms with van der Waals surface area (Å²) in [4.78, 5) is 19.6. The highest BCUT2D eigenvalue weighted by Gasteiger charge is 2.20. The lowest BCUT2D eigenvalue weighted by molar-refractivity contribution is 0.0724. The predicted octanol–water partition coefficient (Wildman–Crippen LogP) is 4.99. The van der Waals surface area contributed by atoms with Gasteiger partial charge in [-0.15, -0.1) is 0 Å². The number of anilines is 2. The highest BCUT2D eigenvalue weighted by atomic mass is 16.2. The SMILES string of the molecule is CC(C)n1c(Nc2ccccc2)nc2cc(C(=O)N3CCCCC3)ccc21. The quantitative estimate of drug-likeness (QED) is 0.711. The van der Waals surface area contributed by atoms with Crippen LogP contribution < -0.4 is 5.32 Å². The molecular weight excluding hydrogens is 336 g/mol. The Labute approximate surface area is 160 Å². The zero-order chi connectivity index (χ0) is 18.8. The monoisotopic (exact) mass is 362 g/mol. The van der Waals surface area contributed by atoms with E-state index in [4.69, 9.17) is 4.98 Å². The molecule has 5 heteroatoms. The molecule has 4 rings (SSSR count). The molecule has 1 N–H and O–H groups in total. The summed E-state index contributed by atoms with van der Waals surface area (Å²) >= 11 is 0. The Kier molecular flexibility index (Phi) is 4.84. The molecule has 2 aromatic carbocycles. The van der Waals surface area contributed by atoms with Crippen LogP contribution in [0.15, 0.2) is 48.5 Å². The summed E-state index contributed by atoms with van der Waals surface area (Å²) in [6.45, 7) is 6.00. The Balaban J connectivity index is 1.70. The van der Waals surface area contributed by atoms with Crippen molar-refractivity contribution >= 4 is 28.6 Å². The van der Waals surface area contributed by atoms with E-state index >= 15 is 0 Å². The van der Waals surface area contributed by atoms with Gasteiger partial charge in [0.1, 0.15) is 0 Å². The van der Waals surface area contributed by atoms with Crippen LogP contribution in [-0.4, -0.2) is 33.4 Å². The maximum atomic E-state index is 12.8. The van der Waals surface area contributed by atoms with E-state index in [-0.39, 0.29) is 11.9 Å². The average molecular weight is 362 g/mol. The van der Waals surface area contributed by atoms with Crippen molar-refractivity contribution in [1.29, 1.82) is 0 Å². The molecule has 140 valence electrons. The van der Waals surface area contributed by atoms with Gasteiger partial charge < -0.3 is 14.8 Å². The summed E-state index contributed by atoms with van der Waals surface area (Å²) in [7, 11) is 0. The molecule has 0 atom stereocenters. The van der Waals surface area contributed by atoms with Gasteiger partial charge in [-0.3, -0.25) is 4.79 Å². The first-order valence-electron chi connectivity index (χ1n) is 9.77. The van der Waals surface area contributed by atoms with E-state index in [0.717, 1.165) is 54.2 Å². The third kappa shape index (κ3) is 3.54. The number of piperidine rings is 1. The minimum absolute atomic E-state index is 0.119. The van der Waals surface area contributed by atoms with Gasteiger partial charge in [-0.25, -0.2) is 4.98 Å². The van der Waals surface area contributed by atoms with Gasteiger partial charge >= 0.3 is 0 Å². The molecule has 0 spiro atoms. The maximum Gasteiger partial charge on any atom is 0.253 e. The van der Waals surface area contributed by atoms with Crippen LogP contribution in [0.3, 0.4) is 0 Å². The number of nitrogens with zero attached hydrogens (tertiary/aromatic N) is 3. The number of carbonyl (C=O) groups is 1.